The number of carbonyl (C=O) groups is 1. The number of hydrogen-bond donors (Lipinski definition) is 1. The molecule has 2 aromatic rings. The number of ether oxygens (including phenoxy) is 2. The summed E-state index contributed by atoms with van der Waals surface area (Å²) in [5.41, 5.74) is 3.48. The fraction of sp³-hybridized carbons (Fsp3) is 0.476. The number of esters is 1. The van der Waals surface area contributed by atoms with E-state index in [0.717, 1.165) is 19.3 Å². The molecule has 1 aromatic heterocycles. The summed E-state index contributed by atoms with van der Waals surface area (Å²) in [4.78, 5) is 20.3. The van der Waals surface area contributed by atoms with Crippen molar-refractivity contribution in [2.45, 2.75) is 52.2 Å². The summed E-state index contributed by atoms with van der Waals surface area (Å²) in [6.07, 6.45) is 4.79. The average molecular weight is 369 g/mol. The van der Waals surface area contributed by atoms with Crippen LogP contribution in [0, 0.1) is 13.8 Å². The molecule has 1 aliphatic rings. The number of aryl methyl sites for hydroxylation is 1. The van der Waals surface area contributed by atoms with E-state index in [1.807, 2.05) is 6.92 Å². The van der Waals surface area contributed by atoms with E-state index in [4.69, 9.17) is 9.47 Å². The first-order valence-corrected chi connectivity index (χ1v) is 9.53. The quantitative estimate of drug-likeness (QED) is 0.776. The second-order valence-electron chi connectivity index (χ2n) is 6.89. The van der Waals surface area contributed by atoms with Crippen molar-refractivity contribution in [2.24, 2.45) is 0 Å². The van der Waals surface area contributed by atoms with Crippen molar-refractivity contribution in [3.8, 4) is 0 Å². The number of nitrogens with zero attached hydrogens (tertiary/aromatic N) is 2. The molecule has 3 rings (SSSR count). The van der Waals surface area contributed by atoms with Crippen LogP contribution in [-0.4, -0.2) is 35.2 Å². The third-order valence-electron chi connectivity index (χ3n) is 4.85. The molecule has 0 spiro atoms. The Kier molecular flexibility index (Phi) is 6.40. The zero-order valence-corrected chi connectivity index (χ0v) is 16.2. The van der Waals surface area contributed by atoms with Gasteiger partial charge in [-0.1, -0.05) is 29.8 Å². The Labute approximate surface area is 160 Å². The highest BCUT2D eigenvalue weighted by molar-refractivity contribution is 5.90. The predicted molar refractivity (Wildman–Crippen MR) is 104 cm³/mol. The van der Waals surface area contributed by atoms with Gasteiger partial charge in [0.25, 0.3) is 0 Å². The molecule has 6 nitrogen and oxygen atoms in total. The number of carbonyl (C=O) groups excluding carboxylic acids is 1. The molecule has 27 heavy (non-hydrogen) atoms. The monoisotopic (exact) mass is 369 g/mol. The summed E-state index contributed by atoms with van der Waals surface area (Å²) in [6.45, 7) is 6.65. The van der Waals surface area contributed by atoms with Gasteiger partial charge in [-0.2, -0.15) is 0 Å². The lowest BCUT2D eigenvalue weighted by Crippen LogP contribution is -2.29. The molecule has 0 bridgehead atoms. The molecule has 0 amide bonds. The van der Waals surface area contributed by atoms with Crippen LogP contribution >= 0.6 is 0 Å². The van der Waals surface area contributed by atoms with Crippen molar-refractivity contribution in [3.05, 3.63) is 53.0 Å². The lowest BCUT2D eigenvalue weighted by molar-refractivity contribution is -0.0442. The van der Waals surface area contributed by atoms with Gasteiger partial charge < -0.3 is 14.8 Å². The summed E-state index contributed by atoms with van der Waals surface area (Å²) in [7, 11) is 0. The maximum atomic E-state index is 12.0. The van der Waals surface area contributed by atoms with E-state index < -0.39 is 5.97 Å². The Morgan fingerprint density at radius 2 is 2.00 bits per heavy atom. The SMILES string of the molecule is CCOC(=O)c1ncnc(NCC2CCC[C@@H](c3ccc(C)cc3)O2)c1C. The molecule has 2 atom stereocenters. The van der Waals surface area contributed by atoms with Crippen LogP contribution in [0.25, 0.3) is 0 Å². The lowest BCUT2D eigenvalue weighted by Gasteiger charge is -2.31. The molecule has 0 saturated carbocycles. The van der Waals surface area contributed by atoms with Gasteiger partial charge >= 0.3 is 5.97 Å². The van der Waals surface area contributed by atoms with Gasteiger partial charge in [-0.3, -0.25) is 0 Å². The number of aromatic nitrogens is 2. The van der Waals surface area contributed by atoms with Gasteiger partial charge in [-0.05, 0) is 45.6 Å². The molecule has 1 unspecified atom stereocenters. The summed E-state index contributed by atoms with van der Waals surface area (Å²) in [5.74, 6) is 0.225. The molecule has 2 heterocycles. The van der Waals surface area contributed by atoms with Gasteiger partial charge in [0.2, 0.25) is 0 Å². The molecule has 1 aliphatic heterocycles. The Hall–Kier alpha value is -2.47. The molecular formula is C21H27N3O3. The highest BCUT2D eigenvalue weighted by Gasteiger charge is 2.24. The van der Waals surface area contributed by atoms with E-state index in [0.29, 0.717) is 30.2 Å². The molecule has 1 aromatic carbocycles. The average Bonchev–Trinajstić information content (AvgIpc) is 2.68. The van der Waals surface area contributed by atoms with Crippen LogP contribution in [0.2, 0.25) is 0 Å². The molecule has 0 radical (unpaired) electrons. The standard InChI is InChI=1S/C21H27N3O3/c1-4-26-21(25)19-15(3)20(24-13-23-19)22-12-17-6-5-7-18(27-17)16-10-8-14(2)9-11-16/h8-11,13,17-18H,4-7,12H2,1-3H3,(H,22,23,24)/t17?,18-/m0/s1. The molecule has 1 fully saturated rings. The van der Waals surface area contributed by atoms with Crippen molar-refractivity contribution in [1.29, 1.82) is 0 Å². The number of anilines is 1. The highest BCUT2D eigenvalue weighted by atomic mass is 16.5. The van der Waals surface area contributed by atoms with Crippen LogP contribution in [0.1, 0.15) is 59.5 Å². The van der Waals surface area contributed by atoms with Crippen molar-refractivity contribution < 1.29 is 14.3 Å². The fourth-order valence-electron chi connectivity index (χ4n) is 3.32. The maximum absolute atomic E-state index is 12.0. The fourth-order valence-corrected chi connectivity index (χ4v) is 3.32. The van der Waals surface area contributed by atoms with Gasteiger partial charge in [-0.15, -0.1) is 0 Å². The van der Waals surface area contributed by atoms with E-state index in [9.17, 15) is 4.79 Å². The van der Waals surface area contributed by atoms with E-state index in [1.165, 1.54) is 17.5 Å². The second kappa shape index (κ2) is 8.95. The maximum Gasteiger partial charge on any atom is 0.357 e. The zero-order chi connectivity index (χ0) is 19.2. The Bertz CT molecular complexity index is 777. The topological polar surface area (TPSA) is 73.3 Å². The molecule has 1 saturated heterocycles. The summed E-state index contributed by atoms with van der Waals surface area (Å²) in [5, 5.41) is 3.32. The lowest BCUT2D eigenvalue weighted by atomic mass is 9.97. The third kappa shape index (κ3) is 4.83. The summed E-state index contributed by atoms with van der Waals surface area (Å²) < 4.78 is 11.3. The Morgan fingerprint density at radius 1 is 1.22 bits per heavy atom. The van der Waals surface area contributed by atoms with Gasteiger partial charge in [-0.25, -0.2) is 14.8 Å². The first-order valence-electron chi connectivity index (χ1n) is 9.53. The molecular weight excluding hydrogens is 342 g/mol. The van der Waals surface area contributed by atoms with Crippen LogP contribution in [0.3, 0.4) is 0 Å². The van der Waals surface area contributed by atoms with Crippen molar-refractivity contribution in [2.75, 3.05) is 18.5 Å². The Morgan fingerprint density at radius 3 is 2.74 bits per heavy atom. The minimum atomic E-state index is -0.422. The van der Waals surface area contributed by atoms with Gasteiger partial charge in [0.15, 0.2) is 5.69 Å². The molecule has 6 heteroatoms. The van der Waals surface area contributed by atoms with E-state index >= 15 is 0 Å². The van der Waals surface area contributed by atoms with Gasteiger partial charge in [0, 0.05) is 12.1 Å². The van der Waals surface area contributed by atoms with Crippen LogP contribution < -0.4 is 5.32 Å². The van der Waals surface area contributed by atoms with Crippen LogP contribution in [0.4, 0.5) is 5.82 Å². The van der Waals surface area contributed by atoms with Crippen molar-refractivity contribution in [1.82, 2.24) is 9.97 Å². The number of rotatable bonds is 6. The first kappa shape index (κ1) is 19.3. The number of benzene rings is 1. The van der Waals surface area contributed by atoms with Gasteiger partial charge in [0.1, 0.15) is 12.1 Å². The normalized spacial score (nSPS) is 19.5. The number of hydrogen-bond acceptors (Lipinski definition) is 6. The Balaban J connectivity index is 1.62. The predicted octanol–water partition coefficient (Wildman–Crippen LogP) is 3.99. The number of nitrogens with one attached hydrogen (secondary N) is 1. The van der Waals surface area contributed by atoms with Crippen LogP contribution in [-0.2, 0) is 9.47 Å². The minimum absolute atomic E-state index is 0.102. The zero-order valence-electron chi connectivity index (χ0n) is 16.2. The second-order valence-corrected chi connectivity index (χ2v) is 6.89. The minimum Gasteiger partial charge on any atom is -0.461 e. The molecule has 1 N–H and O–H groups in total. The van der Waals surface area contributed by atoms with Crippen LogP contribution in [0.15, 0.2) is 30.6 Å². The summed E-state index contributed by atoms with van der Waals surface area (Å²) in [6, 6.07) is 8.55. The molecule has 0 aliphatic carbocycles. The van der Waals surface area contributed by atoms with E-state index in [1.54, 1.807) is 6.92 Å². The first-order chi connectivity index (χ1) is 13.1. The van der Waals surface area contributed by atoms with E-state index in [-0.39, 0.29) is 12.2 Å². The van der Waals surface area contributed by atoms with Crippen molar-refractivity contribution in [3.63, 3.8) is 0 Å². The van der Waals surface area contributed by atoms with Crippen molar-refractivity contribution >= 4 is 11.8 Å². The van der Waals surface area contributed by atoms with Crippen LogP contribution in [0.5, 0.6) is 0 Å². The smallest absolute Gasteiger partial charge is 0.357 e. The van der Waals surface area contributed by atoms with Gasteiger partial charge in [0.05, 0.1) is 18.8 Å². The third-order valence-corrected chi connectivity index (χ3v) is 4.85. The highest BCUT2D eigenvalue weighted by Crippen LogP contribution is 2.31. The van der Waals surface area contributed by atoms with E-state index in [2.05, 4.69) is 46.5 Å². The summed E-state index contributed by atoms with van der Waals surface area (Å²) >= 11 is 0. The largest absolute Gasteiger partial charge is 0.461 e. The molecule has 144 valence electrons.